The highest BCUT2D eigenvalue weighted by atomic mass is 32.2. The lowest BCUT2D eigenvalue weighted by atomic mass is 10.1. The van der Waals surface area contributed by atoms with Gasteiger partial charge in [0.25, 0.3) is 0 Å². The topological polar surface area (TPSA) is 58.6 Å². The summed E-state index contributed by atoms with van der Waals surface area (Å²) in [4.78, 5) is 1.37. The van der Waals surface area contributed by atoms with Gasteiger partial charge in [0.15, 0.2) is 0 Å². The maximum atomic E-state index is 12.9. The molecule has 1 saturated carbocycles. The van der Waals surface area contributed by atoms with Crippen LogP contribution in [0.4, 0.5) is 0 Å². The van der Waals surface area contributed by atoms with Crippen LogP contribution in [0, 0.1) is 0 Å². The molecule has 1 aliphatic carbocycles. The van der Waals surface area contributed by atoms with Gasteiger partial charge in [-0.3, -0.25) is 0 Å². The third-order valence-corrected chi connectivity index (χ3v) is 6.82. The Morgan fingerprint density at radius 2 is 2.24 bits per heavy atom. The summed E-state index contributed by atoms with van der Waals surface area (Å²) in [6.07, 6.45) is 2.40. The molecule has 2 heterocycles. The summed E-state index contributed by atoms with van der Waals surface area (Å²) in [6, 6.07) is 2.30. The third kappa shape index (κ3) is 3.48. The quantitative estimate of drug-likeness (QED) is 0.894. The molecule has 3 rings (SSSR count). The van der Waals surface area contributed by atoms with Gasteiger partial charge in [0.2, 0.25) is 10.0 Å². The molecular formula is C14H22N2O3S2. The number of nitrogens with one attached hydrogen (secondary N) is 1. The van der Waals surface area contributed by atoms with Crippen LogP contribution in [0.15, 0.2) is 16.3 Å². The van der Waals surface area contributed by atoms with E-state index >= 15 is 0 Å². The van der Waals surface area contributed by atoms with Crippen molar-refractivity contribution in [3.63, 3.8) is 0 Å². The Hall–Kier alpha value is -0.470. The molecule has 1 aliphatic heterocycles. The van der Waals surface area contributed by atoms with Gasteiger partial charge in [0.05, 0.1) is 17.1 Å². The Labute approximate surface area is 130 Å². The molecule has 118 valence electrons. The lowest BCUT2D eigenvalue weighted by molar-refractivity contribution is -0.0640. The fourth-order valence-corrected chi connectivity index (χ4v) is 5.47. The first-order chi connectivity index (χ1) is 9.88. The highest BCUT2D eigenvalue weighted by Crippen LogP contribution is 2.29. The lowest BCUT2D eigenvalue weighted by Crippen LogP contribution is -2.50. The van der Waals surface area contributed by atoms with Crippen molar-refractivity contribution in [2.75, 3.05) is 19.7 Å². The molecule has 0 bridgehead atoms. The Bertz CT molecular complexity index is 605. The van der Waals surface area contributed by atoms with Gasteiger partial charge in [-0.2, -0.15) is 4.31 Å². The molecule has 5 nitrogen and oxygen atoms in total. The van der Waals surface area contributed by atoms with Gasteiger partial charge in [0.1, 0.15) is 0 Å². The summed E-state index contributed by atoms with van der Waals surface area (Å²) < 4.78 is 32.9. The minimum Gasteiger partial charge on any atom is -0.373 e. The summed E-state index contributed by atoms with van der Waals surface area (Å²) in [5.41, 5.74) is -0.423. The molecular weight excluding hydrogens is 308 g/mol. The molecule has 0 amide bonds. The van der Waals surface area contributed by atoms with Crippen LogP contribution in [0.2, 0.25) is 0 Å². The van der Waals surface area contributed by atoms with Gasteiger partial charge in [-0.1, -0.05) is 0 Å². The molecule has 1 saturated heterocycles. The lowest BCUT2D eigenvalue weighted by Gasteiger charge is -2.37. The van der Waals surface area contributed by atoms with E-state index in [0.717, 1.165) is 4.88 Å². The Balaban J connectivity index is 1.79. The van der Waals surface area contributed by atoms with E-state index in [9.17, 15) is 8.42 Å². The maximum absolute atomic E-state index is 12.9. The van der Waals surface area contributed by atoms with Gasteiger partial charge in [-0.05, 0) is 38.1 Å². The van der Waals surface area contributed by atoms with Gasteiger partial charge in [-0.25, -0.2) is 8.42 Å². The van der Waals surface area contributed by atoms with Crippen LogP contribution in [-0.4, -0.2) is 44.1 Å². The van der Waals surface area contributed by atoms with Crippen molar-refractivity contribution < 1.29 is 13.2 Å². The zero-order chi connectivity index (χ0) is 15.1. The number of nitrogens with zero attached hydrogens (tertiary/aromatic N) is 1. The van der Waals surface area contributed by atoms with Crippen LogP contribution in [0.5, 0.6) is 0 Å². The minimum absolute atomic E-state index is 0.403. The fraction of sp³-hybridized carbons (Fsp3) is 0.714. The van der Waals surface area contributed by atoms with E-state index in [1.807, 2.05) is 19.2 Å². The molecule has 1 aromatic heterocycles. The van der Waals surface area contributed by atoms with E-state index in [1.165, 1.54) is 24.2 Å². The molecule has 1 N–H and O–H groups in total. The normalized spacial score (nSPS) is 23.3. The SMILES string of the molecule is CC1(C)CN(S(=O)(=O)c2ccsc2CNC2CC2)CCO1. The Morgan fingerprint density at radius 1 is 1.48 bits per heavy atom. The molecule has 0 radical (unpaired) electrons. The number of rotatable bonds is 5. The minimum atomic E-state index is -3.42. The second kappa shape index (κ2) is 5.62. The predicted octanol–water partition coefficient (Wildman–Crippen LogP) is 1.80. The standard InChI is InChI=1S/C14H22N2O3S2/c1-14(2)10-16(6-7-19-14)21(17,18)13-5-8-20-12(13)9-15-11-3-4-11/h5,8,11,15H,3-4,6-7,9-10H2,1-2H3. The van der Waals surface area contributed by atoms with Crippen molar-refractivity contribution in [1.82, 2.24) is 9.62 Å². The number of hydrogen-bond acceptors (Lipinski definition) is 5. The van der Waals surface area contributed by atoms with E-state index in [0.29, 0.717) is 37.2 Å². The zero-order valence-electron chi connectivity index (χ0n) is 12.5. The molecule has 7 heteroatoms. The third-order valence-electron chi connectivity index (χ3n) is 3.84. The van der Waals surface area contributed by atoms with Crippen LogP contribution in [-0.2, 0) is 21.3 Å². The zero-order valence-corrected chi connectivity index (χ0v) is 14.1. The number of hydrogen-bond donors (Lipinski definition) is 1. The van der Waals surface area contributed by atoms with Crippen LogP contribution in [0.3, 0.4) is 0 Å². The van der Waals surface area contributed by atoms with Crippen molar-refractivity contribution in [1.29, 1.82) is 0 Å². The Morgan fingerprint density at radius 3 is 2.90 bits per heavy atom. The van der Waals surface area contributed by atoms with Crippen molar-refractivity contribution in [3.05, 3.63) is 16.3 Å². The van der Waals surface area contributed by atoms with Gasteiger partial charge >= 0.3 is 0 Å². The van der Waals surface area contributed by atoms with E-state index in [2.05, 4.69) is 5.32 Å². The van der Waals surface area contributed by atoms with E-state index in [1.54, 1.807) is 10.4 Å². The number of morpholine rings is 1. The molecule has 2 fully saturated rings. The number of ether oxygens (including phenoxy) is 1. The summed E-state index contributed by atoms with van der Waals surface area (Å²) >= 11 is 1.51. The predicted molar refractivity (Wildman–Crippen MR) is 83.0 cm³/mol. The second-order valence-corrected chi connectivity index (χ2v) is 9.22. The number of thiophene rings is 1. The van der Waals surface area contributed by atoms with Crippen molar-refractivity contribution in [2.45, 2.75) is 49.8 Å². The van der Waals surface area contributed by atoms with Gasteiger partial charge < -0.3 is 10.1 Å². The summed E-state index contributed by atoms with van der Waals surface area (Å²) in [5, 5.41) is 5.26. The summed E-state index contributed by atoms with van der Waals surface area (Å²) in [5.74, 6) is 0. The van der Waals surface area contributed by atoms with Crippen LogP contribution < -0.4 is 5.32 Å². The van der Waals surface area contributed by atoms with Crippen LogP contribution in [0.25, 0.3) is 0 Å². The largest absolute Gasteiger partial charge is 0.373 e. The van der Waals surface area contributed by atoms with Crippen LogP contribution in [0.1, 0.15) is 31.6 Å². The molecule has 1 aromatic rings. The molecule has 0 spiro atoms. The first-order valence-corrected chi connectivity index (χ1v) is 9.64. The smallest absolute Gasteiger partial charge is 0.244 e. The molecule has 0 atom stereocenters. The van der Waals surface area contributed by atoms with Crippen molar-refractivity contribution in [2.24, 2.45) is 0 Å². The summed E-state index contributed by atoms with van der Waals surface area (Å²) in [6.45, 7) is 5.78. The number of sulfonamides is 1. The molecule has 2 aliphatic rings. The fourth-order valence-electron chi connectivity index (χ4n) is 2.53. The van der Waals surface area contributed by atoms with Crippen LogP contribution >= 0.6 is 11.3 Å². The van der Waals surface area contributed by atoms with Crippen molar-refractivity contribution >= 4 is 21.4 Å². The highest BCUT2D eigenvalue weighted by Gasteiger charge is 2.36. The van der Waals surface area contributed by atoms with E-state index in [-0.39, 0.29) is 0 Å². The molecule has 21 heavy (non-hydrogen) atoms. The van der Waals surface area contributed by atoms with Gasteiger partial charge in [0, 0.05) is 30.6 Å². The maximum Gasteiger partial charge on any atom is 0.244 e. The Kier molecular flexibility index (Phi) is 4.13. The first-order valence-electron chi connectivity index (χ1n) is 7.32. The highest BCUT2D eigenvalue weighted by molar-refractivity contribution is 7.89. The van der Waals surface area contributed by atoms with E-state index in [4.69, 9.17) is 4.74 Å². The average molecular weight is 330 g/mol. The summed E-state index contributed by atoms with van der Waals surface area (Å²) in [7, 11) is -3.42. The first kappa shape index (κ1) is 15.4. The van der Waals surface area contributed by atoms with Crippen molar-refractivity contribution in [3.8, 4) is 0 Å². The monoisotopic (exact) mass is 330 g/mol. The molecule has 0 aromatic carbocycles. The van der Waals surface area contributed by atoms with Gasteiger partial charge in [-0.15, -0.1) is 11.3 Å². The van der Waals surface area contributed by atoms with E-state index < -0.39 is 15.6 Å². The second-order valence-electron chi connectivity index (χ2n) is 6.31. The molecule has 0 unspecified atom stereocenters. The average Bonchev–Trinajstić information content (AvgIpc) is 3.11.